The van der Waals surface area contributed by atoms with Crippen LogP contribution in [0.1, 0.15) is 16.0 Å². The maximum atomic E-state index is 5.97. The summed E-state index contributed by atoms with van der Waals surface area (Å²) in [6.07, 6.45) is 4.52. The summed E-state index contributed by atoms with van der Waals surface area (Å²) in [6.45, 7) is 3.11. The minimum atomic E-state index is 0.798. The van der Waals surface area contributed by atoms with E-state index in [1.807, 2.05) is 23.5 Å². The highest BCUT2D eigenvalue weighted by molar-refractivity contribution is 7.19. The molecule has 1 aliphatic rings. The molecule has 0 aliphatic carbocycles. The van der Waals surface area contributed by atoms with Crippen molar-refractivity contribution in [2.45, 2.75) is 19.4 Å². The number of rotatable bonds is 2. The van der Waals surface area contributed by atoms with Gasteiger partial charge in [-0.15, -0.1) is 11.3 Å². The van der Waals surface area contributed by atoms with Crippen molar-refractivity contribution < 1.29 is 0 Å². The van der Waals surface area contributed by atoms with Crippen LogP contribution in [0.2, 0.25) is 5.02 Å². The van der Waals surface area contributed by atoms with Crippen LogP contribution in [0.5, 0.6) is 0 Å². The minimum absolute atomic E-state index is 0.798. The Hall–Kier alpha value is -1.29. The zero-order valence-electron chi connectivity index (χ0n) is 11.7. The molecule has 0 atom stereocenters. The van der Waals surface area contributed by atoms with E-state index in [0.717, 1.165) is 37.5 Å². The van der Waals surface area contributed by atoms with Gasteiger partial charge in [0.15, 0.2) is 0 Å². The molecule has 3 heterocycles. The van der Waals surface area contributed by atoms with Crippen LogP contribution >= 0.6 is 22.9 Å². The number of hydrogen-bond acceptors (Lipinski definition) is 2. The van der Waals surface area contributed by atoms with Crippen LogP contribution in [0.3, 0.4) is 0 Å². The molecular weight excluding hydrogens is 300 g/mol. The van der Waals surface area contributed by atoms with Crippen LogP contribution in [0.4, 0.5) is 0 Å². The Bertz CT molecular complexity index is 770. The van der Waals surface area contributed by atoms with E-state index < -0.39 is 0 Å². The van der Waals surface area contributed by atoms with E-state index in [1.54, 1.807) is 10.4 Å². The average Bonchev–Trinajstić information content (AvgIpc) is 2.94. The Morgan fingerprint density at radius 1 is 1.10 bits per heavy atom. The van der Waals surface area contributed by atoms with Crippen molar-refractivity contribution in [3.05, 3.63) is 57.6 Å². The summed E-state index contributed by atoms with van der Waals surface area (Å²) in [7, 11) is 0. The number of thiophene rings is 1. The predicted molar refractivity (Wildman–Crippen MR) is 90.6 cm³/mol. The van der Waals surface area contributed by atoms with E-state index >= 15 is 0 Å². The normalized spacial score (nSPS) is 15.1. The molecule has 0 amide bonds. The molecule has 1 aromatic carbocycles. The van der Waals surface area contributed by atoms with E-state index in [4.69, 9.17) is 11.6 Å². The first-order valence-corrected chi connectivity index (χ1v) is 8.55. The number of hydrogen-bond donors (Lipinski definition) is 1. The lowest BCUT2D eigenvalue weighted by Crippen LogP contribution is -2.16. The molecule has 3 aromatic rings. The molecule has 0 spiro atoms. The van der Waals surface area contributed by atoms with E-state index in [1.165, 1.54) is 15.8 Å². The third-order valence-electron chi connectivity index (χ3n) is 4.13. The largest absolute Gasteiger partial charge is 0.342 e. The van der Waals surface area contributed by atoms with Crippen LogP contribution in [-0.4, -0.2) is 17.7 Å². The first kappa shape index (κ1) is 13.4. The van der Waals surface area contributed by atoms with Crippen molar-refractivity contribution in [1.29, 1.82) is 0 Å². The SMILES string of the molecule is Clc1ccc(Cn2ccc3sc4c(c32)CCNCC4)cc1. The molecule has 4 rings (SSSR count). The van der Waals surface area contributed by atoms with Crippen molar-refractivity contribution in [2.75, 3.05) is 13.1 Å². The maximum absolute atomic E-state index is 5.97. The van der Waals surface area contributed by atoms with Gasteiger partial charge in [0.2, 0.25) is 0 Å². The zero-order valence-corrected chi connectivity index (χ0v) is 13.3. The molecule has 108 valence electrons. The van der Waals surface area contributed by atoms with Gasteiger partial charge in [-0.2, -0.15) is 0 Å². The molecule has 0 saturated carbocycles. The summed E-state index contributed by atoms with van der Waals surface area (Å²) in [4.78, 5) is 1.57. The van der Waals surface area contributed by atoms with Crippen LogP contribution in [0.15, 0.2) is 36.5 Å². The Labute approximate surface area is 133 Å². The van der Waals surface area contributed by atoms with Crippen LogP contribution in [0.25, 0.3) is 10.2 Å². The van der Waals surface area contributed by atoms with E-state index in [2.05, 4.69) is 34.3 Å². The molecule has 0 radical (unpaired) electrons. The standard InChI is InChI=1S/C17H17ClN2S/c18-13-3-1-12(2-4-13)11-20-10-7-16-17(20)14-5-8-19-9-6-15(14)21-16/h1-4,7,10,19H,5-6,8-9,11H2. The summed E-state index contributed by atoms with van der Waals surface area (Å²) >= 11 is 7.94. The molecule has 4 heteroatoms. The van der Waals surface area contributed by atoms with Gasteiger partial charge in [0.1, 0.15) is 0 Å². The first-order chi connectivity index (χ1) is 10.3. The minimum Gasteiger partial charge on any atom is -0.342 e. The van der Waals surface area contributed by atoms with Gasteiger partial charge in [-0.3, -0.25) is 0 Å². The molecule has 0 saturated heterocycles. The van der Waals surface area contributed by atoms with Gasteiger partial charge < -0.3 is 9.88 Å². The topological polar surface area (TPSA) is 17.0 Å². The van der Waals surface area contributed by atoms with E-state index in [9.17, 15) is 0 Å². The third-order valence-corrected chi connectivity index (χ3v) is 5.63. The summed E-state index contributed by atoms with van der Waals surface area (Å²) in [5.74, 6) is 0. The van der Waals surface area contributed by atoms with Crippen molar-refractivity contribution >= 4 is 33.2 Å². The van der Waals surface area contributed by atoms with Crippen LogP contribution in [-0.2, 0) is 19.4 Å². The number of nitrogens with one attached hydrogen (secondary N) is 1. The van der Waals surface area contributed by atoms with Gasteiger partial charge in [-0.1, -0.05) is 23.7 Å². The monoisotopic (exact) mass is 316 g/mol. The Balaban J connectivity index is 1.75. The predicted octanol–water partition coefficient (Wildman–Crippen LogP) is 4.09. The number of nitrogens with zero attached hydrogens (tertiary/aromatic N) is 1. The average molecular weight is 317 g/mol. The van der Waals surface area contributed by atoms with Crippen molar-refractivity contribution in [3.63, 3.8) is 0 Å². The molecule has 0 bridgehead atoms. The number of benzene rings is 1. The molecular formula is C17H17ClN2S. The molecule has 2 aromatic heterocycles. The van der Waals surface area contributed by atoms with Crippen molar-refractivity contribution in [3.8, 4) is 0 Å². The van der Waals surface area contributed by atoms with Crippen LogP contribution in [0, 0.1) is 0 Å². The molecule has 1 aliphatic heterocycles. The van der Waals surface area contributed by atoms with E-state index in [-0.39, 0.29) is 0 Å². The van der Waals surface area contributed by atoms with Crippen molar-refractivity contribution in [1.82, 2.24) is 9.88 Å². The van der Waals surface area contributed by atoms with Crippen molar-refractivity contribution in [2.24, 2.45) is 0 Å². The fourth-order valence-corrected chi connectivity index (χ4v) is 4.49. The summed E-state index contributed by atoms with van der Waals surface area (Å²) < 4.78 is 3.81. The lowest BCUT2D eigenvalue weighted by atomic mass is 10.1. The Morgan fingerprint density at radius 3 is 2.76 bits per heavy atom. The quantitative estimate of drug-likeness (QED) is 0.753. The number of halogens is 1. The second kappa shape index (κ2) is 5.48. The molecule has 21 heavy (non-hydrogen) atoms. The van der Waals surface area contributed by atoms with Gasteiger partial charge in [0, 0.05) is 22.6 Å². The van der Waals surface area contributed by atoms with Crippen LogP contribution < -0.4 is 5.32 Å². The molecule has 0 unspecified atom stereocenters. The Morgan fingerprint density at radius 2 is 1.90 bits per heavy atom. The second-order valence-corrected chi connectivity index (χ2v) is 7.11. The third kappa shape index (κ3) is 2.50. The number of fused-ring (bicyclic) bond motifs is 3. The summed E-state index contributed by atoms with van der Waals surface area (Å²) in [5, 5.41) is 4.29. The maximum Gasteiger partial charge on any atom is 0.0628 e. The molecule has 2 nitrogen and oxygen atoms in total. The Kier molecular flexibility index (Phi) is 3.49. The highest BCUT2D eigenvalue weighted by Gasteiger charge is 2.17. The summed E-state index contributed by atoms with van der Waals surface area (Å²) in [6, 6.07) is 10.4. The smallest absolute Gasteiger partial charge is 0.0628 e. The zero-order chi connectivity index (χ0) is 14.2. The van der Waals surface area contributed by atoms with Gasteiger partial charge in [-0.05, 0) is 55.3 Å². The van der Waals surface area contributed by atoms with Gasteiger partial charge in [0.05, 0.1) is 10.2 Å². The van der Waals surface area contributed by atoms with E-state index in [0.29, 0.717) is 0 Å². The first-order valence-electron chi connectivity index (χ1n) is 7.36. The van der Waals surface area contributed by atoms with Gasteiger partial charge in [-0.25, -0.2) is 0 Å². The summed E-state index contributed by atoms with van der Waals surface area (Å²) in [5.41, 5.74) is 4.29. The lowest BCUT2D eigenvalue weighted by Gasteiger charge is -2.07. The molecule has 0 fully saturated rings. The lowest BCUT2D eigenvalue weighted by molar-refractivity contribution is 0.711. The highest BCUT2D eigenvalue weighted by atomic mass is 35.5. The second-order valence-electron chi connectivity index (χ2n) is 5.54. The van der Waals surface area contributed by atoms with Gasteiger partial charge in [0.25, 0.3) is 0 Å². The highest BCUT2D eigenvalue weighted by Crippen LogP contribution is 2.34. The van der Waals surface area contributed by atoms with Gasteiger partial charge >= 0.3 is 0 Å². The fourth-order valence-electron chi connectivity index (χ4n) is 3.10. The molecule has 1 N–H and O–H groups in total. The number of aromatic nitrogens is 1. The fraction of sp³-hybridized carbons (Fsp3) is 0.294.